The van der Waals surface area contributed by atoms with Gasteiger partial charge in [0.2, 0.25) is 11.8 Å². The van der Waals surface area contributed by atoms with Crippen LogP contribution in [0.2, 0.25) is 10.0 Å². The average molecular weight is 359 g/mol. The highest BCUT2D eigenvalue weighted by Gasteiger charge is 2.26. The maximum absolute atomic E-state index is 12.3. The van der Waals surface area contributed by atoms with E-state index in [-0.39, 0.29) is 24.4 Å². The van der Waals surface area contributed by atoms with Crippen LogP contribution in [0.4, 0.5) is 0 Å². The summed E-state index contributed by atoms with van der Waals surface area (Å²) in [6, 6.07) is 4.64. The van der Waals surface area contributed by atoms with E-state index in [1.165, 1.54) is 0 Å². The Morgan fingerprint density at radius 2 is 1.87 bits per heavy atom. The third-order valence-electron chi connectivity index (χ3n) is 3.83. The number of nitrogens with one attached hydrogen (secondary N) is 1. The second-order valence-electron chi connectivity index (χ2n) is 5.60. The van der Waals surface area contributed by atoms with Gasteiger partial charge in [-0.15, -0.1) is 0 Å². The van der Waals surface area contributed by atoms with Gasteiger partial charge in [-0.25, -0.2) is 0 Å². The zero-order valence-corrected chi connectivity index (χ0v) is 15.5. The molecule has 0 spiro atoms. The van der Waals surface area contributed by atoms with Crippen LogP contribution < -0.4 is 5.32 Å². The number of rotatable bonds is 7. The Morgan fingerprint density at radius 1 is 1.22 bits per heavy atom. The largest absolute Gasteiger partial charge is 0.352 e. The second-order valence-corrected chi connectivity index (χ2v) is 6.45. The SMILES string of the molecule is CCC(=O)N(Cc1ccc(Cl)cc1Cl)C(C)C(=O)NC(C)CC. The number of hydrogen-bond acceptors (Lipinski definition) is 2. The summed E-state index contributed by atoms with van der Waals surface area (Å²) in [5.74, 6) is -0.256. The van der Waals surface area contributed by atoms with Gasteiger partial charge in [-0.2, -0.15) is 0 Å². The number of carbonyl (C=O) groups excluding carboxylic acids is 2. The molecule has 23 heavy (non-hydrogen) atoms. The Kier molecular flexibility index (Phi) is 7.86. The predicted octanol–water partition coefficient (Wildman–Crippen LogP) is 4.04. The van der Waals surface area contributed by atoms with E-state index in [1.54, 1.807) is 36.9 Å². The third-order valence-corrected chi connectivity index (χ3v) is 4.41. The number of carbonyl (C=O) groups is 2. The van der Waals surface area contributed by atoms with Crippen molar-refractivity contribution < 1.29 is 9.59 Å². The fourth-order valence-corrected chi connectivity index (χ4v) is 2.55. The molecular weight excluding hydrogens is 335 g/mol. The summed E-state index contributed by atoms with van der Waals surface area (Å²) in [7, 11) is 0. The van der Waals surface area contributed by atoms with E-state index < -0.39 is 6.04 Å². The van der Waals surface area contributed by atoms with Gasteiger partial charge in [0.15, 0.2) is 0 Å². The molecule has 1 aromatic carbocycles. The molecule has 0 aliphatic rings. The van der Waals surface area contributed by atoms with Crippen molar-refractivity contribution in [2.75, 3.05) is 0 Å². The lowest BCUT2D eigenvalue weighted by Crippen LogP contribution is -2.49. The van der Waals surface area contributed by atoms with Gasteiger partial charge in [0.25, 0.3) is 0 Å². The van der Waals surface area contributed by atoms with Gasteiger partial charge in [0, 0.05) is 29.1 Å². The molecule has 0 aliphatic carbocycles. The van der Waals surface area contributed by atoms with Crippen molar-refractivity contribution in [2.45, 2.75) is 59.2 Å². The number of nitrogens with zero attached hydrogens (tertiary/aromatic N) is 1. The Labute approximate surface area is 148 Å². The summed E-state index contributed by atoms with van der Waals surface area (Å²) < 4.78 is 0. The highest BCUT2D eigenvalue weighted by Crippen LogP contribution is 2.23. The molecule has 0 saturated carbocycles. The highest BCUT2D eigenvalue weighted by molar-refractivity contribution is 6.35. The zero-order chi connectivity index (χ0) is 17.6. The van der Waals surface area contributed by atoms with Crippen LogP contribution in [0.1, 0.15) is 46.1 Å². The topological polar surface area (TPSA) is 49.4 Å². The molecule has 2 atom stereocenters. The first-order valence-corrected chi connectivity index (χ1v) is 8.59. The van der Waals surface area contributed by atoms with Crippen LogP contribution in [0.3, 0.4) is 0 Å². The fraction of sp³-hybridized carbons (Fsp3) is 0.529. The lowest BCUT2D eigenvalue weighted by atomic mass is 10.1. The van der Waals surface area contributed by atoms with Gasteiger partial charge in [-0.3, -0.25) is 9.59 Å². The van der Waals surface area contributed by atoms with Crippen molar-refractivity contribution in [1.29, 1.82) is 0 Å². The first-order chi connectivity index (χ1) is 10.8. The molecule has 128 valence electrons. The minimum Gasteiger partial charge on any atom is -0.352 e. The van der Waals surface area contributed by atoms with Gasteiger partial charge in [0.1, 0.15) is 6.04 Å². The zero-order valence-electron chi connectivity index (χ0n) is 14.0. The van der Waals surface area contributed by atoms with Crippen LogP contribution >= 0.6 is 23.2 Å². The molecule has 0 aliphatic heterocycles. The molecule has 4 nitrogen and oxygen atoms in total. The van der Waals surface area contributed by atoms with Crippen LogP contribution in [0.5, 0.6) is 0 Å². The molecule has 0 heterocycles. The van der Waals surface area contributed by atoms with Crippen molar-refractivity contribution in [3.05, 3.63) is 33.8 Å². The van der Waals surface area contributed by atoms with E-state index in [2.05, 4.69) is 5.32 Å². The van der Waals surface area contributed by atoms with E-state index in [9.17, 15) is 9.59 Å². The van der Waals surface area contributed by atoms with Gasteiger partial charge >= 0.3 is 0 Å². The van der Waals surface area contributed by atoms with Crippen LogP contribution in [0.25, 0.3) is 0 Å². The van der Waals surface area contributed by atoms with Gasteiger partial charge in [0.05, 0.1) is 0 Å². The van der Waals surface area contributed by atoms with E-state index in [0.29, 0.717) is 16.5 Å². The van der Waals surface area contributed by atoms with Crippen LogP contribution in [0, 0.1) is 0 Å². The average Bonchev–Trinajstić information content (AvgIpc) is 2.52. The molecule has 2 amide bonds. The Balaban J connectivity index is 2.95. The smallest absolute Gasteiger partial charge is 0.242 e. The molecule has 0 radical (unpaired) electrons. The minimum atomic E-state index is -0.566. The maximum Gasteiger partial charge on any atom is 0.242 e. The lowest BCUT2D eigenvalue weighted by molar-refractivity contribution is -0.140. The minimum absolute atomic E-state index is 0.0719. The highest BCUT2D eigenvalue weighted by atomic mass is 35.5. The second kappa shape index (κ2) is 9.14. The summed E-state index contributed by atoms with van der Waals surface area (Å²) in [4.78, 5) is 26.2. The van der Waals surface area contributed by atoms with Crippen LogP contribution in [-0.4, -0.2) is 28.8 Å². The van der Waals surface area contributed by atoms with Crippen molar-refractivity contribution in [3.63, 3.8) is 0 Å². The normalized spacial score (nSPS) is 13.3. The number of hydrogen-bond donors (Lipinski definition) is 1. The van der Waals surface area contributed by atoms with Crippen molar-refractivity contribution >= 4 is 35.0 Å². The molecule has 2 unspecified atom stereocenters. The van der Waals surface area contributed by atoms with E-state index >= 15 is 0 Å². The van der Waals surface area contributed by atoms with Gasteiger partial charge in [-0.1, -0.05) is 43.1 Å². The number of halogens is 2. The molecule has 0 aromatic heterocycles. The van der Waals surface area contributed by atoms with Crippen LogP contribution in [-0.2, 0) is 16.1 Å². The molecule has 0 fully saturated rings. The summed E-state index contributed by atoms with van der Waals surface area (Å²) in [5, 5.41) is 3.94. The summed E-state index contributed by atoms with van der Waals surface area (Å²) in [6.45, 7) is 7.72. The molecule has 1 aromatic rings. The monoisotopic (exact) mass is 358 g/mol. The molecule has 1 N–H and O–H groups in total. The van der Waals surface area contributed by atoms with Crippen LogP contribution in [0.15, 0.2) is 18.2 Å². The summed E-state index contributed by atoms with van der Waals surface area (Å²) >= 11 is 12.1. The van der Waals surface area contributed by atoms with E-state index in [0.717, 1.165) is 12.0 Å². The van der Waals surface area contributed by atoms with Crippen molar-refractivity contribution in [3.8, 4) is 0 Å². The van der Waals surface area contributed by atoms with E-state index in [1.807, 2.05) is 13.8 Å². The summed E-state index contributed by atoms with van der Waals surface area (Å²) in [5.41, 5.74) is 0.765. The standard InChI is InChI=1S/C17H24Cl2N2O2/c1-5-11(3)20-17(23)12(4)21(16(22)6-2)10-13-7-8-14(18)9-15(13)19/h7-9,11-12H,5-6,10H2,1-4H3,(H,20,23). The molecule has 0 bridgehead atoms. The van der Waals surface area contributed by atoms with Crippen molar-refractivity contribution in [2.24, 2.45) is 0 Å². The molecule has 0 saturated heterocycles. The summed E-state index contributed by atoms with van der Waals surface area (Å²) in [6.07, 6.45) is 1.16. The third kappa shape index (κ3) is 5.70. The quantitative estimate of drug-likeness (QED) is 0.799. The van der Waals surface area contributed by atoms with Gasteiger partial charge < -0.3 is 10.2 Å². The number of benzene rings is 1. The maximum atomic E-state index is 12.3. The molecule has 1 rings (SSSR count). The molecule has 6 heteroatoms. The molecular formula is C17H24Cl2N2O2. The Morgan fingerprint density at radius 3 is 2.39 bits per heavy atom. The predicted molar refractivity (Wildman–Crippen MR) is 94.7 cm³/mol. The van der Waals surface area contributed by atoms with Crippen molar-refractivity contribution in [1.82, 2.24) is 10.2 Å². The Bertz CT molecular complexity index is 564. The fourth-order valence-electron chi connectivity index (χ4n) is 2.08. The first kappa shape index (κ1) is 19.8. The lowest BCUT2D eigenvalue weighted by Gasteiger charge is -2.29. The number of amides is 2. The van der Waals surface area contributed by atoms with Gasteiger partial charge in [-0.05, 0) is 38.0 Å². The van der Waals surface area contributed by atoms with E-state index in [4.69, 9.17) is 23.2 Å². The Hall–Kier alpha value is -1.26. The first-order valence-electron chi connectivity index (χ1n) is 7.83.